The number of alkyl halides is 2. The number of hydrogen-bond donors (Lipinski definition) is 3. The number of nitrogens with zero attached hydrogens (tertiary/aromatic N) is 1. The van der Waals surface area contributed by atoms with Gasteiger partial charge in [0.1, 0.15) is 6.04 Å². The Morgan fingerprint density at radius 2 is 1.95 bits per heavy atom. The van der Waals surface area contributed by atoms with Crippen molar-refractivity contribution < 1.29 is 38.1 Å². The van der Waals surface area contributed by atoms with Gasteiger partial charge in [-0.25, -0.2) is 18.4 Å². The number of aliphatic hydroxyl groups excluding tert-OH is 1. The fourth-order valence-electron chi connectivity index (χ4n) is 1.43. The van der Waals surface area contributed by atoms with Gasteiger partial charge in [-0.1, -0.05) is 0 Å². The number of rotatable bonds is 9. The summed E-state index contributed by atoms with van der Waals surface area (Å²) in [6, 6.07) is -2.47. The van der Waals surface area contributed by atoms with E-state index in [1.165, 1.54) is 0 Å². The summed E-state index contributed by atoms with van der Waals surface area (Å²) in [5.74, 6) is -2.07. The van der Waals surface area contributed by atoms with Gasteiger partial charge in [0.25, 0.3) is 6.43 Å². The number of carbonyl (C=O) groups is 3. The van der Waals surface area contributed by atoms with Crippen LogP contribution in [0.15, 0.2) is 0 Å². The van der Waals surface area contributed by atoms with E-state index in [0.717, 1.165) is 7.11 Å². The van der Waals surface area contributed by atoms with E-state index in [0.29, 0.717) is 4.90 Å². The van der Waals surface area contributed by atoms with E-state index in [1.54, 1.807) is 0 Å². The topological polar surface area (TPSA) is 116 Å². The lowest BCUT2D eigenvalue weighted by Gasteiger charge is -2.24. The maximum absolute atomic E-state index is 12.3. The van der Waals surface area contributed by atoms with Crippen molar-refractivity contribution in [3.05, 3.63) is 0 Å². The molecule has 0 aromatic rings. The molecule has 0 bridgehead atoms. The average Bonchev–Trinajstić information content (AvgIpc) is 2.41. The van der Waals surface area contributed by atoms with Crippen LogP contribution in [0.1, 0.15) is 12.8 Å². The zero-order valence-electron chi connectivity index (χ0n) is 11.4. The molecule has 122 valence electrons. The van der Waals surface area contributed by atoms with Crippen molar-refractivity contribution >= 4 is 18.0 Å². The number of carbonyl (C=O) groups excluding carboxylic acids is 2. The second-order valence-electron chi connectivity index (χ2n) is 4.02. The van der Waals surface area contributed by atoms with E-state index in [1.807, 2.05) is 5.32 Å². The smallest absolute Gasteiger partial charge is 0.326 e. The number of aliphatic hydroxyl groups is 1. The van der Waals surface area contributed by atoms with Gasteiger partial charge in [-0.3, -0.25) is 4.79 Å². The van der Waals surface area contributed by atoms with E-state index >= 15 is 0 Å². The Kier molecular flexibility index (Phi) is 8.93. The molecule has 0 aromatic heterocycles. The Hall–Kier alpha value is -1.97. The standard InChI is InChI=1S/C11H18F2N2O6/c1-21-9(17)3-2-7(10(18)19)14-11(20)15(4-5-16)6-8(12)13/h7-8,16H,2-6H2,1H3,(H,14,20)(H,18,19)/t7-/m0/s1. The molecule has 2 amide bonds. The van der Waals surface area contributed by atoms with Crippen LogP contribution in [0.25, 0.3) is 0 Å². The molecule has 0 aliphatic heterocycles. The van der Waals surface area contributed by atoms with E-state index in [4.69, 9.17) is 10.2 Å². The minimum Gasteiger partial charge on any atom is -0.480 e. The van der Waals surface area contributed by atoms with Crippen molar-refractivity contribution in [1.29, 1.82) is 0 Å². The fraction of sp³-hybridized carbons (Fsp3) is 0.727. The third-order valence-electron chi connectivity index (χ3n) is 2.48. The predicted molar refractivity (Wildman–Crippen MR) is 65.9 cm³/mol. The molecule has 0 spiro atoms. The summed E-state index contributed by atoms with van der Waals surface area (Å²) < 4.78 is 28.9. The van der Waals surface area contributed by atoms with Gasteiger partial charge in [0, 0.05) is 13.0 Å². The van der Waals surface area contributed by atoms with E-state index in [2.05, 4.69) is 4.74 Å². The van der Waals surface area contributed by atoms with Gasteiger partial charge in [-0.05, 0) is 6.42 Å². The van der Waals surface area contributed by atoms with Crippen LogP contribution < -0.4 is 5.32 Å². The number of aliphatic carboxylic acids is 1. The molecule has 10 heteroatoms. The number of ether oxygens (including phenoxy) is 1. The lowest BCUT2D eigenvalue weighted by Crippen LogP contribution is -2.50. The number of esters is 1. The third-order valence-corrected chi connectivity index (χ3v) is 2.48. The van der Waals surface area contributed by atoms with Crippen molar-refractivity contribution in [3.63, 3.8) is 0 Å². The monoisotopic (exact) mass is 312 g/mol. The first-order valence-electron chi connectivity index (χ1n) is 6.05. The highest BCUT2D eigenvalue weighted by molar-refractivity contribution is 5.83. The van der Waals surface area contributed by atoms with Crippen molar-refractivity contribution in [2.75, 3.05) is 26.8 Å². The molecule has 0 aromatic carbocycles. The summed E-state index contributed by atoms with van der Waals surface area (Å²) in [5, 5.41) is 19.6. The Bertz CT molecular complexity index is 367. The van der Waals surface area contributed by atoms with Crippen LogP contribution in [-0.2, 0) is 14.3 Å². The predicted octanol–water partition coefficient (Wildman–Crippen LogP) is -0.338. The first kappa shape index (κ1) is 19.0. The van der Waals surface area contributed by atoms with Crippen LogP contribution >= 0.6 is 0 Å². The molecule has 0 fully saturated rings. The maximum atomic E-state index is 12.3. The Morgan fingerprint density at radius 1 is 1.33 bits per heavy atom. The van der Waals surface area contributed by atoms with Gasteiger partial charge >= 0.3 is 18.0 Å². The maximum Gasteiger partial charge on any atom is 0.326 e. The van der Waals surface area contributed by atoms with Gasteiger partial charge in [0.15, 0.2) is 0 Å². The summed E-state index contributed by atoms with van der Waals surface area (Å²) in [6.45, 7) is -1.84. The number of nitrogens with one attached hydrogen (secondary N) is 1. The first-order valence-corrected chi connectivity index (χ1v) is 6.05. The summed E-state index contributed by atoms with van der Waals surface area (Å²) >= 11 is 0. The number of methoxy groups -OCH3 is 1. The molecule has 0 aliphatic carbocycles. The highest BCUT2D eigenvalue weighted by Gasteiger charge is 2.25. The highest BCUT2D eigenvalue weighted by Crippen LogP contribution is 2.03. The van der Waals surface area contributed by atoms with Crippen molar-refractivity contribution in [3.8, 4) is 0 Å². The van der Waals surface area contributed by atoms with Gasteiger partial charge in [0.05, 0.1) is 20.3 Å². The molecular weight excluding hydrogens is 294 g/mol. The normalized spacial score (nSPS) is 11.9. The largest absolute Gasteiger partial charge is 0.480 e. The molecule has 1 atom stereocenters. The summed E-state index contributed by atoms with van der Waals surface area (Å²) in [6.07, 6.45) is -3.31. The average molecular weight is 312 g/mol. The van der Waals surface area contributed by atoms with Gasteiger partial charge in [-0.15, -0.1) is 0 Å². The second-order valence-corrected chi connectivity index (χ2v) is 4.02. The van der Waals surface area contributed by atoms with Crippen LogP contribution in [0.4, 0.5) is 13.6 Å². The van der Waals surface area contributed by atoms with E-state index in [9.17, 15) is 23.2 Å². The molecule has 0 heterocycles. The third kappa shape index (κ3) is 8.02. The Balaban J connectivity index is 4.62. The molecule has 0 saturated heterocycles. The molecule has 0 unspecified atom stereocenters. The van der Waals surface area contributed by atoms with Gasteiger partial charge in [0.2, 0.25) is 0 Å². The van der Waals surface area contributed by atoms with Crippen molar-refractivity contribution in [2.24, 2.45) is 0 Å². The highest BCUT2D eigenvalue weighted by atomic mass is 19.3. The summed E-state index contributed by atoms with van der Waals surface area (Å²) in [4.78, 5) is 34.2. The van der Waals surface area contributed by atoms with Gasteiger partial charge < -0.3 is 25.2 Å². The Morgan fingerprint density at radius 3 is 2.38 bits per heavy atom. The summed E-state index contributed by atoms with van der Waals surface area (Å²) in [5.41, 5.74) is 0. The fourth-order valence-corrected chi connectivity index (χ4v) is 1.43. The summed E-state index contributed by atoms with van der Waals surface area (Å²) in [7, 11) is 1.13. The molecular formula is C11H18F2N2O6. The van der Waals surface area contributed by atoms with Crippen molar-refractivity contribution in [2.45, 2.75) is 25.3 Å². The minimum atomic E-state index is -2.82. The number of hydrogen-bond acceptors (Lipinski definition) is 5. The Labute approximate surface area is 119 Å². The minimum absolute atomic E-state index is 0.241. The molecule has 0 saturated carbocycles. The zero-order valence-corrected chi connectivity index (χ0v) is 11.4. The molecule has 21 heavy (non-hydrogen) atoms. The SMILES string of the molecule is COC(=O)CC[C@H](NC(=O)N(CCO)CC(F)F)C(=O)O. The molecule has 0 aliphatic rings. The number of halogens is 2. The van der Waals surface area contributed by atoms with Crippen LogP contribution in [0.3, 0.4) is 0 Å². The lowest BCUT2D eigenvalue weighted by molar-refractivity contribution is -0.142. The molecule has 3 N–H and O–H groups in total. The molecule has 0 radical (unpaired) electrons. The quantitative estimate of drug-likeness (QED) is 0.502. The van der Waals surface area contributed by atoms with Crippen LogP contribution in [0, 0.1) is 0 Å². The van der Waals surface area contributed by atoms with Crippen LogP contribution in [-0.4, -0.2) is 72.4 Å². The van der Waals surface area contributed by atoms with E-state index in [-0.39, 0.29) is 19.4 Å². The number of amides is 2. The second kappa shape index (κ2) is 9.86. The van der Waals surface area contributed by atoms with Crippen LogP contribution in [0.5, 0.6) is 0 Å². The number of urea groups is 1. The number of carboxylic acids is 1. The van der Waals surface area contributed by atoms with Crippen molar-refractivity contribution in [1.82, 2.24) is 10.2 Å². The van der Waals surface area contributed by atoms with Crippen LogP contribution in [0.2, 0.25) is 0 Å². The lowest BCUT2D eigenvalue weighted by atomic mass is 10.1. The van der Waals surface area contributed by atoms with Gasteiger partial charge in [-0.2, -0.15) is 0 Å². The van der Waals surface area contributed by atoms with E-state index < -0.39 is 43.6 Å². The molecule has 8 nitrogen and oxygen atoms in total. The number of carboxylic acid groups (broad SMARTS) is 1. The first-order chi connectivity index (χ1) is 9.81. The molecule has 0 rings (SSSR count). The zero-order chi connectivity index (χ0) is 16.4.